The van der Waals surface area contributed by atoms with Gasteiger partial charge in [0.15, 0.2) is 0 Å². The molecule has 5 nitrogen and oxygen atoms in total. The lowest BCUT2D eigenvalue weighted by molar-refractivity contribution is 0.420. The molecule has 0 radical (unpaired) electrons. The lowest BCUT2D eigenvalue weighted by Gasteiger charge is -2.16. The number of aromatic nitrogens is 2. The number of aromatic amines is 1. The zero-order valence-corrected chi connectivity index (χ0v) is 14.7. The minimum atomic E-state index is -0.181. The number of H-pyrrole nitrogens is 1. The van der Waals surface area contributed by atoms with Crippen LogP contribution in [0, 0.1) is 0 Å². The average molecular weight is 366 g/mol. The second-order valence-corrected chi connectivity index (χ2v) is 6.58. The van der Waals surface area contributed by atoms with Crippen molar-refractivity contribution in [3.8, 4) is 11.1 Å². The summed E-state index contributed by atoms with van der Waals surface area (Å²) in [6, 6.07) is 15.0. The molecule has 4 rings (SSSR count). The maximum atomic E-state index is 12.5. The van der Waals surface area contributed by atoms with E-state index in [0.29, 0.717) is 10.6 Å². The fourth-order valence-corrected chi connectivity index (χ4v) is 3.16. The fraction of sp³-hybridized carbons (Fsp3) is 0.100. The Labute approximate surface area is 154 Å². The Bertz CT molecular complexity index is 1120. The van der Waals surface area contributed by atoms with Crippen LogP contribution in [0.1, 0.15) is 18.5 Å². The van der Waals surface area contributed by atoms with Gasteiger partial charge in [-0.25, -0.2) is 0 Å². The van der Waals surface area contributed by atoms with Gasteiger partial charge < -0.3 is 14.8 Å². The Hall–Kier alpha value is -3.05. The number of pyridine rings is 1. The number of hydrogen-bond acceptors (Lipinski definition) is 4. The summed E-state index contributed by atoms with van der Waals surface area (Å²) in [5.41, 5.74) is 4.10. The summed E-state index contributed by atoms with van der Waals surface area (Å²) in [5.74, 6) is 0. The third-order valence-electron chi connectivity index (χ3n) is 4.31. The van der Waals surface area contributed by atoms with Crippen LogP contribution in [0.2, 0.25) is 5.02 Å². The minimum Gasteiger partial charge on any atom is -0.378 e. The molecule has 6 heteroatoms. The molecule has 1 atom stereocenters. The van der Waals surface area contributed by atoms with Gasteiger partial charge in [0.1, 0.15) is 6.26 Å². The molecule has 26 heavy (non-hydrogen) atoms. The highest BCUT2D eigenvalue weighted by Gasteiger charge is 2.12. The van der Waals surface area contributed by atoms with Crippen molar-refractivity contribution in [1.29, 1.82) is 0 Å². The molecule has 0 aliphatic heterocycles. The molecular weight excluding hydrogens is 350 g/mol. The molecule has 0 saturated heterocycles. The molecule has 2 aromatic heterocycles. The molecule has 0 aliphatic rings. The van der Waals surface area contributed by atoms with Crippen LogP contribution in [0.4, 0.5) is 5.69 Å². The van der Waals surface area contributed by atoms with Crippen LogP contribution in [0.15, 0.2) is 70.3 Å². The zero-order chi connectivity index (χ0) is 18.1. The normalized spacial score (nSPS) is 12.2. The first-order valence-electron chi connectivity index (χ1n) is 8.19. The quantitative estimate of drug-likeness (QED) is 0.533. The van der Waals surface area contributed by atoms with E-state index in [2.05, 4.69) is 15.5 Å². The van der Waals surface area contributed by atoms with Gasteiger partial charge in [0.05, 0.1) is 12.2 Å². The highest BCUT2D eigenvalue weighted by Crippen LogP contribution is 2.25. The molecule has 0 spiro atoms. The Balaban J connectivity index is 1.65. The van der Waals surface area contributed by atoms with Gasteiger partial charge in [0.2, 0.25) is 0 Å². The van der Waals surface area contributed by atoms with Gasteiger partial charge in [-0.15, -0.1) is 0 Å². The van der Waals surface area contributed by atoms with Crippen LogP contribution < -0.4 is 10.9 Å². The first kappa shape index (κ1) is 16.4. The predicted molar refractivity (Wildman–Crippen MR) is 104 cm³/mol. The average Bonchev–Trinajstić information content (AvgIpc) is 3.16. The van der Waals surface area contributed by atoms with Crippen molar-refractivity contribution in [3.63, 3.8) is 0 Å². The smallest absolute Gasteiger partial charge is 0.253 e. The minimum absolute atomic E-state index is 0.116. The zero-order valence-electron chi connectivity index (χ0n) is 14.0. The number of rotatable bonds is 4. The first-order chi connectivity index (χ1) is 12.6. The molecule has 0 saturated carbocycles. The van der Waals surface area contributed by atoms with Gasteiger partial charge in [0.25, 0.3) is 5.56 Å². The van der Waals surface area contributed by atoms with Crippen molar-refractivity contribution < 1.29 is 4.52 Å². The summed E-state index contributed by atoms with van der Waals surface area (Å²) in [6.45, 7) is 1.95. The van der Waals surface area contributed by atoms with E-state index in [0.717, 1.165) is 27.7 Å². The lowest BCUT2D eigenvalue weighted by Crippen LogP contribution is -2.19. The van der Waals surface area contributed by atoms with Gasteiger partial charge in [0, 0.05) is 32.7 Å². The molecule has 0 fully saturated rings. The van der Waals surface area contributed by atoms with E-state index in [1.165, 1.54) is 0 Å². The number of hydrogen-bond donors (Lipinski definition) is 2. The molecule has 0 bridgehead atoms. The maximum Gasteiger partial charge on any atom is 0.253 e. The van der Waals surface area contributed by atoms with E-state index in [4.69, 9.17) is 16.1 Å². The third kappa shape index (κ3) is 3.21. The summed E-state index contributed by atoms with van der Waals surface area (Å²) < 4.78 is 4.90. The molecule has 2 heterocycles. The van der Waals surface area contributed by atoms with Gasteiger partial charge in [-0.05, 0) is 48.9 Å². The van der Waals surface area contributed by atoms with Crippen LogP contribution in [0.3, 0.4) is 0 Å². The molecule has 2 aromatic carbocycles. The Morgan fingerprint density at radius 1 is 1.15 bits per heavy atom. The van der Waals surface area contributed by atoms with E-state index >= 15 is 0 Å². The number of nitrogens with one attached hydrogen (secondary N) is 2. The largest absolute Gasteiger partial charge is 0.378 e. The topological polar surface area (TPSA) is 70.9 Å². The highest BCUT2D eigenvalue weighted by molar-refractivity contribution is 6.31. The number of nitrogens with zero attached hydrogens (tertiary/aromatic N) is 1. The van der Waals surface area contributed by atoms with Crippen molar-refractivity contribution in [2.75, 3.05) is 5.32 Å². The summed E-state index contributed by atoms with van der Waals surface area (Å²) in [4.78, 5) is 15.4. The van der Waals surface area contributed by atoms with Crippen molar-refractivity contribution >= 4 is 28.2 Å². The summed E-state index contributed by atoms with van der Waals surface area (Å²) in [5, 5.41) is 8.65. The van der Waals surface area contributed by atoms with Crippen LogP contribution in [0.25, 0.3) is 22.0 Å². The molecule has 0 unspecified atom stereocenters. The Morgan fingerprint density at radius 3 is 2.85 bits per heavy atom. The first-order valence-corrected chi connectivity index (χ1v) is 8.57. The lowest BCUT2D eigenvalue weighted by atomic mass is 10.1. The standard InChI is InChI=1S/C20H16ClN3O2/c1-12(18-9-14-7-16(21)5-6-19(14)24-20(18)25)23-17-4-2-3-13(8-17)15-10-22-26-11-15/h2-12,23H,1H3,(H,24,25)/t12-/m0/s1. The third-order valence-corrected chi connectivity index (χ3v) is 4.55. The highest BCUT2D eigenvalue weighted by atomic mass is 35.5. The Kier molecular flexibility index (Phi) is 4.22. The summed E-state index contributed by atoms with van der Waals surface area (Å²) in [7, 11) is 0. The van der Waals surface area contributed by atoms with Gasteiger partial charge in [-0.2, -0.15) is 0 Å². The number of benzene rings is 2. The second-order valence-electron chi connectivity index (χ2n) is 6.15. The number of anilines is 1. The predicted octanol–water partition coefficient (Wildman–Crippen LogP) is 5.01. The Morgan fingerprint density at radius 2 is 2.04 bits per heavy atom. The van der Waals surface area contributed by atoms with Crippen LogP contribution in [-0.2, 0) is 0 Å². The van der Waals surface area contributed by atoms with E-state index in [-0.39, 0.29) is 11.6 Å². The van der Waals surface area contributed by atoms with E-state index < -0.39 is 0 Å². The van der Waals surface area contributed by atoms with Gasteiger partial charge in [-0.3, -0.25) is 4.79 Å². The summed E-state index contributed by atoms with van der Waals surface area (Å²) in [6.07, 6.45) is 3.26. The maximum absolute atomic E-state index is 12.5. The van der Waals surface area contributed by atoms with Crippen LogP contribution in [-0.4, -0.2) is 10.1 Å². The monoisotopic (exact) mass is 365 g/mol. The van der Waals surface area contributed by atoms with E-state index in [1.54, 1.807) is 18.5 Å². The van der Waals surface area contributed by atoms with Crippen LogP contribution in [0.5, 0.6) is 0 Å². The molecule has 0 amide bonds. The van der Waals surface area contributed by atoms with Crippen molar-refractivity contribution in [2.45, 2.75) is 13.0 Å². The summed E-state index contributed by atoms with van der Waals surface area (Å²) >= 11 is 6.07. The SMILES string of the molecule is C[C@H](Nc1cccc(-c2cnoc2)c1)c1cc2cc(Cl)ccc2[nH]c1=O. The van der Waals surface area contributed by atoms with Crippen molar-refractivity contribution in [3.05, 3.63) is 81.9 Å². The molecular formula is C20H16ClN3O2. The van der Waals surface area contributed by atoms with Gasteiger partial charge in [-0.1, -0.05) is 28.9 Å². The molecule has 130 valence electrons. The molecule has 2 N–H and O–H groups in total. The van der Waals surface area contributed by atoms with Crippen molar-refractivity contribution in [1.82, 2.24) is 10.1 Å². The van der Waals surface area contributed by atoms with E-state index in [1.807, 2.05) is 49.4 Å². The molecule has 0 aliphatic carbocycles. The molecule has 4 aromatic rings. The van der Waals surface area contributed by atoms with E-state index in [9.17, 15) is 4.79 Å². The van der Waals surface area contributed by atoms with Crippen molar-refractivity contribution in [2.24, 2.45) is 0 Å². The number of fused-ring (bicyclic) bond motifs is 1. The fourth-order valence-electron chi connectivity index (χ4n) is 2.98. The van der Waals surface area contributed by atoms with Crippen LogP contribution >= 0.6 is 11.6 Å². The second kappa shape index (κ2) is 6.69. The number of halogens is 1. The van der Waals surface area contributed by atoms with Gasteiger partial charge >= 0.3 is 0 Å².